The minimum atomic E-state index is -3.75. The molecule has 0 bridgehead atoms. The van der Waals surface area contributed by atoms with E-state index in [0.717, 1.165) is 10.4 Å². The van der Waals surface area contributed by atoms with Crippen LogP contribution in [0.4, 0.5) is 0 Å². The van der Waals surface area contributed by atoms with Crippen LogP contribution >= 0.6 is 0 Å². The summed E-state index contributed by atoms with van der Waals surface area (Å²) < 4.78 is 27.1. The molecule has 19 heavy (non-hydrogen) atoms. The first-order valence-corrected chi connectivity index (χ1v) is 7.19. The summed E-state index contributed by atoms with van der Waals surface area (Å²) in [6, 6.07) is 1.15. The van der Waals surface area contributed by atoms with Gasteiger partial charge in [0.1, 0.15) is 10.6 Å². The van der Waals surface area contributed by atoms with Crippen molar-refractivity contribution in [3.05, 3.63) is 18.0 Å². The molecule has 1 heterocycles. The number of hydrogen-bond acceptors (Lipinski definition) is 3. The molecular formula is C12H16N2O4S. The summed E-state index contributed by atoms with van der Waals surface area (Å²) >= 11 is 0. The third-order valence-corrected chi connectivity index (χ3v) is 4.58. The Kier molecular flexibility index (Phi) is 4.75. The van der Waals surface area contributed by atoms with Gasteiger partial charge in [-0.1, -0.05) is 12.8 Å². The van der Waals surface area contributed by atoms with Gasteiger partial charge in [-0.25, -0.2) is 13.2 Å². The van der Waals surface area contributed by atoms with E-state index in [-0.39, 0.29) is 23.7 Å². The molecule has 104 valence electrons. The highest BCUT2D eigenvalue weighted by atomic mass is 32.2. The fourth-order valence-electron chi connectivity index (χ4n) is 1.68. The van der Waals surface area contributed by atoms with E-state index in [1.807, 2.05) is 0 Å². The number of terminal acetylenes is 1. The molecule has 7 heteroatoms. The second kappa shape index (κ2) is 5.91. The van der Waals surface area contributed by atoms with Gasteiger partial charge in [0.05, 0.1) is 6.54 Å². The van der Waals surface area contributed by atoms with Gasteiger partial charge >= 0.3 is 5.97 Å². The van der Waals surface area contributed by atoms with Crippen molar-refractivity contribution in [2.45, 2.75) is 25.3 Å². The monoisotopic (exact) mass is 284 g/mol. The van der Waals surface area contributed by atoms with Crippen LogP contribution in [0.3, 0.4) is 0 Å². The lowest BCUT2D eigenvalue weighted by atomic mass is 10.4. The fourth-order valence-corrected chi connectivity index (χ4v) is 3.09. The maximum Gasteiger partial charge on any atom is 0.352 e. The molecule has 0 aromatic carbocycles. The molecule has 0 saturated heterocycles. The Morgan fingerprint density at radius 2 is 2.16 bits per heavy atom. The normalized spacial score (nSPS) is 11.5. The van der Waals surface area contributed by atoms with E-state index in [2.05, 4.69) is 5.92 Å². The zero-order chi connectivity index (χ0) is 14.6. The number of carbonyl (C=O) groups is 1. The number of sulfonamides is 1. The first-order chi connectivity index (χ1) is 8.88. The highest BCUT2D eigenvalue weighted by Gasteiger charge is 2.26. The highest BCUT2D eigenvalue weighted by Crippen LogP contribution is 2.19. The number of hydrogen-bond donors (Lipinski definition) is 1. The van der Waals surface area contributed by atoms with Gasteiger partial charge < -0.3 is 9.67 Å². The number of carboxylic acid groups (broad SMARTS) is 1. The van der Waals surface area contributed by atoms with Crippen molar-refractivity contribution in [1.29, 1.82) is 0 Å². The van der Waals surface area contributed by atoms with Crippen LogP contribution in [0.15, 0.2) is 17.2 Å². The number of carboxylic acids is 1. The van der Waals surface area contributed by atoms with E-state index in [1.165, 1.54) is 10.8 Å². The molecule has 0 aliphatic rings. The Balaban J connectivity index is 3.30. The van der Waals surface area contributed by atoms with Crippen LogP contribution in [-0.2, 0) is 16.6 Å². The van der Waals surface area contributed by atoms with Crippen LogP contribution in [0.5, 0.6) is 0 Å². The van der Waals surface area contributed by atoms with E-state index in [0.29, 0.717) is 6.54 Å². The van der Waals surface area contributed by atoms with Crippen molar-refractivity contribution in [3.8, 4) is 12.3 Å². The Labute approximate surface area is 112 Å². The summed E-state index contributed by atoms with van der Waals surface area (Å²) in [6.07, 6.45) is 6.45. The Hall–Kier alpha value is -1.78. The molecule has 6 nitrogen and oxygen atoms in total. The molecule has 0 atom stereocenters. The van der Waals surface area contributed by atoms with Gasteiger partial charge in [-0.05, 0) is 13.0 Å². The van der Waals surface area contributed by atoms with Gasteiger partial charge in [-0.3, -0.25) is 0 Å². The van der Waals surface area contributed by atoms with Crippen molar-refractivity contribution in [2.75, 3.05) is 13.1 Å². The first kappa shape index (κ1) is 15.3. The molecule has 0 saturated carbocycles. The minimum Gasteiger partial charge on any atom is -0.477 e. The molecule has 0 aliphatic heterocycles. The molecule has 1 aromatic heterocycles. The maximum absolute atomic E-state index is 12.3. The van der Waals surface area contributed by atoms with E-state index in [1.54, 1.807) is 13.8 Å². The third kappa shape index (κ3) is 2.97. The molecule has 1 N–H and O–H groups in total. The number of aryl methyl sites for hydroxylation is 1. The van der Waals surface area contributed by atoms with Gasteiger partial charge in [0.25, 0.3) is 0 Å². The van der Waals surface area contributed by atoms with Crippen LogP contribution in [0, 0.1) is 12.3 Å². The summed E-state index contributed by atoms with van der Waals surface area (Å²) in [7, 11) is -3.75. The smallest absolute Gasteiger partial charge is 0.352 e. The van der Waals surface area contributed by atoms with Crippen LogP contribution in [0.2, 0.25) is 0 Å². The molecule has 0 amide bonds. The standard InChI is InChI=1S/C12H16N2O4S/c1-4-7-14(6-3)19(17,18)10-8-11(12(15)16)13(5-2)9-10/h1,8-9H,5-7H2,2-3H3,(H,15,16). The predicted molar refractivity (Wildman–Crippen MR) is 70.3 cm³/mol. The quantitative estimate of drug-likeness (QED) is 0.785. The topological polar surface area (TPSA) is 79.6 Å². The second-order valence-corrected chi connectivity index (χ2v) is 5.73. The maximum atomic E-state index is 12.3. The average Bonchev–Trinajstić information content (AvgIpc) is 2.80. The van der Waals surface area contributed by atoms with Gasteiger partial charge in [0, 0.05) is 19.3 Å². The molecular weight excluding hydrogens is 268 g/mol. The molecule has 0 spiro atoms. The number of aromatic carboxylic acids is 1. The molecule has 0 unspecified atom stereocenters. The van der Waals surface area contributed by atoms with E-state index >= 15 is 0 Å². The van der Waals surface area contributed by atoms with Crippen LogP contribution in [0.1, 0.15) is 24.3 Å². The molecule has 0 fully saturated rings. The number of nitrogens with zero attached hydrogens (tertiary/aromatic N) is 2. The van der Waals surface area contributed by atoms with Crippen molar-refractivity contribution in [2.24, 2.45) is 0 Å². The highest BCUT2D eigenvalue weighted by molar-refractivity contribution is 7.89. The molecule has 1 aromatic rings. The SMILES string of the molecule is C#CCN(CC)S(=O)(=O)c1cc(C(=O)O)n(CC)c1. The average molecular weight is 284 g/mol. The zero-order valence-electron chi connectivity index (χ0n) is 10.8. The molecule has 0 aliphatic carbocycles. The van der Waals surface area contributed by atoms with Crippen molar-refractivity contribution < 1.29 is 18.3 Å². The van der Waals surface area contributed by atoms with Gasteiger partial charge in [0.2, 0.25) is 10.0 Å². The molecule has 0 radical (unpaired) electrons. The Morgan fingerprint density at radius 3 is 2.53 bits per heavy atom. The minimum absolute atomic E-state index is 0.0431. The summed E-state index contributed by atoms with van der Waals surface area (Å²) in [6.45, 7) is 3.97. The van der Waals surface area contributed by atoms with Crippen molar-refractivity contribution in [1.82, 2.24) is 8.87 Å². The Bertz CT molecular complexity index is 610. The fraction of sp³-hybridized carbons (Fsp3) is 0.417. The zero-order valence-corrected chi connectivity index (χ0v) is 11.6. The van der Waals surface area contributed by atoms with E-state index in [4.69, 9.17) is 11.5 Å². The number of aromatic nitrogens is 1. The summed E-state index contributed by atoms with van der Waals surface area (Å²) in [5.41, 5.74) is -0.0576. The first-order valence-electron chi connectivity index (χ1n) is 5.75. The van der Waals surface area contributed by atoms with Crippen LogP contribution < -0.4 is 0 Å². The van der Waals surface area contributed by atoms with E-state index < -0.39 is 16.0 Å². The van der Waals surface area contributed by atoms with Crippen LogP contribution in [-0.4, -0.2) is 41.5 Å². The summed E-state index contributed by atoms with van der Waals surface area (Å²) in [5.74, 6) is 1.11. The van der Waals surface area contributed by atoms with Gasteiger partial charge in [-0.2, -0.15) is 4.31 Å². The second-order valence-electron chi connectivity index (χ2n) is 3.79. The lowest BCUT2D eigenvalue weighted by molar-refractivity contribution is 0.0685. The lowest BCUT2D eigenvalue weighted by Gasteiger charge is -2.16. The summed E-state index contributed by atoms with van der Waals surface area (Å²) in [5, 5.41) is 9.01. The van der Waals surface area contributed by atoms with Crippen molar-refractivity contribution in [3.63, 3.8) is 0 Å². The largest absolute Gasteiger partial charge is 0.477 e. The summed E-state index contributed by atoms with van der Waals surface area (Å²) in [4.78, 5) is 11.0. The van der Waals surface area contributed by atoms with Gasteiger partial charge in [-0.15, -0.1) is 6.42 Å². The van der Waals surface area contributed by atoms with Gasteiger partial charge in [0.15, 0.2) is 0 Å². The van der Waals surface area contributed by atoms with Crippen molar-refractivity contribution >= 4 is 16.0 Å². The Morgan fingerprint density at radius 1 is 1.53 bits per heavy atom. The predicted octanol–water partition coefficient (Wildman–Crippen LogP) is 0.850. The molecule has 1 rings (SSSR count). The third-order valence-electron chi connectivity index (χ3n) is 2.69. The van der Waals surface area contributed by atoms with E-state index in [9.17, 15) is 13.2 Å². The lowest BCUT2D eigenvalue weighted by Crippen LogP contribution is -2.31. The van der Waals surface area contributed by atoms with Crippen LogP contribution in [0.25, 0.3) is 0 Å². The number of rotatable bonds is 6.